The maximum Gasteiger partial charge on any atom is 1.00 e. The molecule has 1 unspecified atom stereocenters. The van der Waals surface area contributed by atoms with Crippen molar-refractivity contribution in [3.05, 3.63) is 100 Å². The van der Waals surface area contributed by atoms with Gasteiger partial charge >= 0.3 is 29.6 Å². The minimum atomic E-state index is -1.18. The molecule has 0 spiro atoms. The van der Waals surface area contributed by atoms with Crippen LogP contribution in [-0.4, -0.2) is 24.7 Å². The molecule has 0 aromatic heterocycles. The minimum Gasteiger partial charge on any atom is -0.549 e. The summed E-state index contributed by atoms with van der Waals surface area (Å²) >= 11 is 7.97. The summed E-state index contributed by atoms with van der Waals surface area (Å²) in [5, 5.41) is 14.3. The molecule has 1 heterocycles. The third-order valence-corrected chi connectivity index (χ3v) is 6.90. The summed E-state index contributed by atoms with van der Waals surface area (Å²) in [5.41, 5.74) is 14.2. The van der Waals surface area contributed by atoms with E-state index in [0.29, 0.717) is 40.5 Å². The van der Waals surface area contributed by atoms with Gasteiger partial charge in [-0.3, -0.25) is 4.79 Å². The molecular formula is C28H25ClN3NaO5S. The maximum atomic E-state index is 12.6. The molecule has 1 atom stereocenters. The van der Waals surface area contributed by atoms with E-state index in [-0.39, 0.29) is 47.0 Å². The van der Waals surface area contributed by atoms with Crippen LogP contribution in [0.4, 0.5) is 0 Å². The van der Waals surface area contributed by atoms with E-state index in [2.05, 4.69) is 5.32 Å². The number of carboxylic acid groups (broad SMARTS) is 1. The fraction of sp³-hybridized carbons (Fsp3) is 0.143. The molecule has 11 heteroatoms. The summed E-state index contributed by atoms with van der Waals surface area (Å²) < 4.78 is 11.4. The van der Waals surface area contributed by atoms with E-state index in [1.54, 1.807) is 48.2 Å². The average Bonchev–Trinajstić information content (AvgIpc) is 2.92. The standard InChI is InChI=1S/C28H26ClN3O5S.Na/c1-38-19-8-4-16(5-9-19)23(30)10-11-26(31)32-27(33)17-2-6-18(7-3-17)37-25-15-24-21(14-22(25)29)20(28(34)35)12-13-36-24;/h2-11,14-15,20H,12-13,30-31H2,1H3,(H,32,33)(H,34,35);/q;+1/p-1/b23-10-,26-11+;. The Kier molecular flexibility index (Phi) is 10.8. The molecule has 196 valence electrons. The molecule has 0 aliphatic carbocycles. The first kappa shape index (κ1) is 30.5. The quantitative estimate of drug-likeness (QED) is 0.206. The van der Waals surface area contributed by atoms with Gasteiger partial charge in [0.05, 0.1) is 11.6 Å². The molecule has 3 aromatic rings. The number of ether oxygens (including phenoxy) is 2. The molecule has 3 aromatic carbocycles. The minimum absolute atomic E-state index is 0. The molecule has 1 amide bonds. The van der Waals surface area contributed by atoms with Crippen molar-refractivity contribution in [2.75, 3.05) is 12.9 Å². The molecular weight excluding hydrogens is 549 g/mol. The smallest absolute Gasteiger partial charge is 0.549 e. The second-order valence-electron chi connectivity index (χ2n) is 8.38. The Balaban J connectivity index is 0.00000420. The van der Waals surface area contributed by atoms with Crippen molar-refractivity contribution in [1.29, 1.82) is 0 Å². The van der Waals surface area contributed by atoms with Gasteiger partial charge in [-0.15, -0.1) is 11.8 Å². The Morgan fingerprint density at radius 2 is 1.74 bits per heavy atom. The number of amides is 1. The van der Waals surface area contributed by atoms with Crippen LogP contribution in [0.2, 0.25) is 5.02 Å². The Labute approximate surface area is 257 Å². The van der Waals surface area contributed by atoms with Gasteiger partial charge in [0.2, 0.25) is 0 Å². The number of thioether (sulfide) groups is 1. The fourth-order valence-electron chi connectivity index (χ4n) is 3.82. The summed E-state index contributed by atoms with van der Waals surface area (Å²) in [5.74, 6) is -1.14. The van der Waals surface area contributed by atoms with Gasteiger partial charge in [-0.2, -0.15) is 0 Å². The number of carboxylic acids is 1. The van der Waals surface area contributed by atoms with Crippen molar-refractivity contribution in [1.82, 2.24) is 5.32 Å². The predicted molar refractivity (Wildman–Crippen MR) is 146 cm³/mol. The molecule has 4 rings (SSSR count). The maximum absolute atomic E-state index is 12.6. The van der Waals surface area contributed by atoms with Crippen LogP contribution in [0.3, 0.4) is 0 Å². The van der Waals surface area contributed by atoms with Crippen LogP contribution >= 0.6 is 23.4 Å². The molecule has 8 nitrogen and oxygen atoms in total. The molecule has 0 radical (unpaired) electrons. The van der Waals surface area contributed by atoms with Crippen LogP contribution in [0, 0.1) is 0 Å². The Morgan fingerprint density at radius 3 is 2.38 bits per heavy atom. The van der Waals surface area contributed by atoms with Gasteiger partial charge in [0, 0.05) is 39.7 Å². The number of halogens is 1. The van der Waals surface area contributed by atoms with Crippen LogP contribution in [0.1, 0.15) is 33.8 Å². The molecule has 39 heavy (non-hydrogen) atoms. The SMILES string of the molecule is CSc1ccc(/C(N)=C/C=C(\N)NC(=O)c2ccc(Oc3cc4c(cc3Cl)C(C(=O)[O-])CCO4)cc2)cc1.[Na+]. The van der Waals surface area contributed by atoms with Crippen LogP contribution in [0.5, 0.6) is 17.2 Å². The third kappa shape index (κ3) is 7.74. The topological polar surface area (TPSA) is 140 Å². The van der Waals surface area contributed by atoms with Crippen molar-refractivity contribution in [2.45, 2.75) is 17.2 Å². The first-order valence-corrected chi connectivity index (χ1v) is 13.2. The summed E-state index contributed by atoms with van der Waals surface area (Å²) in [6.07, 6.45) is 5.46. The summed E-state index contributed by atoms with van der Waals surface area (Å²) in [6, 6.07) is 17.2. The Hall–Kier alpha value is -3.08. The van der Waals surface area contributed by atoms with Gasteiger partial charge in [0.1, 0.15) is 23.1 Å². The fourth-order valence-corrected chi connectivity index (χ4v) is 4.44. The number of nitrogens with one attached hydrogen (secondary N) is 1. The second-order valence-corrected chi connectivity index (χ2v) is 9.67. The number of hydrogen-bond donors (Lipinski definition) is 3. The molecule has 0 saturated heterocycles. The van der Waals surface area contributed by atoms with E-state index in [1.165, 1.54) is 12.1 Å². The molecule has 5 N–H and O–H groups in total. The van der Waals surface area contributed by atoms with E-state index in [0.717, 1.165) is 10.5 Å². The summed E-state index contributed by atoms with van der Waals surface area (Å²) in [6.45, 7) is 0.252. The predicted octanol–water partition coefficient (Wildman–Crippen LogP) is 1.00. The Morgan fingerprint density at radius 1 is 1.08 bits per heavy atom. The van der Waals surface area contributed by atoms with E-state index >= 15 is 0 Å². The van der Waals surface area contributed by atoms with Crippen molar-refractivity contribution >= 4 is 40.9 Å². The number of fused-ring (bicyclic) bond motifs is 1. The number of benzene rings is 3. The number of rotatable bonds is 8. The van der Waals surface area contributed by atoms with Gasteiger partial charge in [0.15, 0.2) is 0 Å². The van der Waals surface area contributed by atoms with Gasteiger partial charge in [0.25, 0.3) is 5.91 Å². The zero-order valence-corrected chi connectivity index (χ0v) is 25.0. The van der Waals surface area contributed by atoms with Crippen molar-refractivity contribution < 1.29 is 53.7 Å². The zero-order valence-electron chi connectivity index (χ0n) is 21.4. The molecule has 1 aliphatic heterocycles. The van der Waals surface area contributed by atoms with E-state index in [9.17, 15) is 14.7 Å². The number of allylic oxidation sites excluding steroid dienone is 2. The van der Waals surface area contributed by atoms with Crippen LogP contribution < -0.4 is 60.9 Å². The average molecular weight is 574 g/mol. The molecule has 0 fully saturated rings. The first-order chi connectivity index (χ1) is 18.2. The molecule has 0 saturated carbocycles. The monoisotopic (exact) mass is 573 g/mol. The van der Waals surface area contributed by atoms with E-state index in [4.69, 9.17) is 32.5 Å². The largest absolute Gasteiger partial charge is 1.00 e. The molecule has 0 bridgehead atoms. The first-order valence-electron chi connectivity index (χ1n) is 11.6. The summed E-state index contributed by atoms with van der Waals surface area (Å²) in [4.78, 5) is 25.1. The van der Waals surface area contributed by atoms with E-state index in [1.807, 2.05) is 30.5 Å². The van der Waals surface area contributed by atoms with Crippen molar-refractivity contribution in [3.63, 3.8) is 0 Å². The van der Waals surface area contributed by atoms with E-state index < -0.39 is 17.8 Å². The summed E-state index contributed by atoms with van der Waals surface area (Å²) in [7, 11) is 0. The second kappa shape index (κ2) is 13.8. The van der Waals surface area contributed by atoms with Crippen LogP contribution in [0.15, 0.2) is 83.5 Å². The number of carbonyl (C=O) groups excluding carboxylic acids is 2. The van der Waals surface area contributed by atoms with Crippen molar-refractivity contribution in [2.24, 2.45) is 11.5 Å². The Bertz CT molecular complexity index is 1410. The van der Waals surface area contributed by atoms with Gasteiger partial charge in [-0.1, -0.05) is 23.7 Å². The number of carbonyl (C=O) groups is 2. The molecule has 1 aliphatic rings. The number of nitrogens with two attached hydrogens (primary N) is 2. The van der Waals surface area contributed by atoms with Gasteiger partial charge in [-0.25, -0.2) is 0 Å². The zero-order chi connectivity index (χ0) is 27.2. The number of aliphatic carboxylic acids is 1. The third-order valence-electron chi connectivity index (χ3n) is 5.86. The normalized spacial score (nSPS) is 14.9. The van der Waals surface area contributed by atoms with Gasteiger partial charge in [-0.05, 0) is 72.9 Å². The van der Waals surface area contributed by atoms with Gasteiger partial charge < -0.3 is 36.2 Å². The van der Waals surface area contributed by atoms with Crippen LogP contribution in [0.25, 0.3) is 5.70 Å². The van der Waals surface area contributed by atoms with Crippen LogP contribution in [-0.2, 0) is 4.79 Å². The number of hydrogen-bond acceptors (Lipinski definition) is 8. The van der Waals surface area contributed by atoms with Crippen molar-refractivity contribution in [3.8, 4) is 17.2 Å².